The summed E-state index contributed by atoms with van der Waals surface area (Å²) in [6.45, 7) is 10.4. The maximum atomic E-state index is 15.1. The number of rotatable bonds is 5. The van der Waals surface area contributed by atoms with E-state index in [9.17, 15) is 14.0 Å². The lowest BCUT2D eigenvalue weighted by Gasteiger charge is -2.37. The quantitative estimate of drug-likeness (QED) is 0.443. The molecule has 7 nitrogen and oxygen atoms in total. The van der Waals surface area contributed by atoms with Gasteiger partial charge in [0.05, 0.1) is 11.6 Å². The van der Waals surface area contributed by atoms with E-state index in [1.54, 1.807) is 16.7 Å². The van der Waals surface area contributed by atoms with Crippen LogP contribution in [0.5, 0.6) is 0 Å². The molecule has 0 radical (unpaired) electrons. The minimum atomic E-state index is -0.626. The van der Waals surface area contributed by atoms with Crippen LogP contribution in [0.3, 0.4) is 0 Å². The van der Waals surface area contributed by atoms with Crippen LogP contribution in [0.15, 0.2) is 46.6 Å². The Morgan fingerprint density at radius 3 is 2.56 bits per heavy atom. The van der Waals surface area contributed by atoms with E-state index in [0.717, 1.165) is 59.9 Å². The van der Waals surface area contributed by atoms with Crippen molar-refractivity contribution in [2.75, 3.05) is 56.5 Å². The normalized spacial score (nSPS) is 19.6. The lowest BCUT2D eigenvalue weighted by atomic mass is 9.96. The fraction of sp³-hybridized carbons (Fsp3) is 0.414. The van der Waals surface area contributed by atoms with E-state index in [1.807, 2.05) is 17.6 Å². The summed E-state index contributed by atoms with van der Waals surface area (Å²) in [7, 11) is 0. The molecule has 3 aliphatic heterocycles. The Bertz CT molecular complexity index is 1530. The number of aryl methyl sites for hydroxylation is 1. The third-order valence-corrected chi connectivity index (χ3v) is 9.30. The van der Waals surface area contributed by atoms with Gasteiger partial charge in [-0.15, -0.1) is 11.8 Å². The molecule has 0 N–H and O–H groups in total. The topological polar surface area (TPSA) is 61.7 Å². The summed E-state index contributed by atoms with van der Waals surface area (Å²) in [6, 6.07) is 5.58. The average Bonchev–Trinajstić information content (AvgIpc) is 3.44. The fourth-order valence-electron chi connectivity index (χ4n) is 6.15. The second-order valence-corrected chi connectivity index (χ2v) is 11.5. The number of nitrogens with zero attached hydrogens (tertiary/aromatic N) is 5. The molecule has 1 unspecified atom stereocenters. The van der Waals surface area contributed by atoms with Crippen LogP contribution < -0.4 is 10.6 Å². The fourth-order valence-corrected chi connectivity index (χ4v) is 7.53. The Kier molecular flexibility index (Phi) is 6.93. The number of amides is 1. The van der Waals surface area contributed by atoms with E-state index in [2.05, 4.69) is 21.4 Å². The van der Waals surface area contributed by atoms with Crippen molar-refractivity contribution in [1.82, 2.24) is 19.4 Å². The Morgan fingerprint density at radius 1 is 1.13 bits per heavy atom. The van der Waals surface area contributed by atoms with Crippen molar-refractivity contribution in [3.05, 3.63) is 64.6 Å². The number of hydrogen-bond acceptors (Lipinski definition) is 6. The van der Waals surface area contributed by atoms with E-state index >= 15 is 4.39 Å². The predicted molar refractivity (Wildman–Crippen MR) is 151 cm³/mol. The van der Waals surface area contributed by atoms with Crippen molar-refractivity contribution in [1.29, 1.82) is 0 Å². The van der Waals surface area contributed by atoms with Crippen LogP contribution in [-0.4, -0.2) is 76.8 Å². The molecule has 2 saturated heterocycles. The van der Waals surface area contributed by atoms with Crippen molar-refractivity contribution in [2.24, 2.45) is 0 Å². The van der Waals surface area contributed by atoms with Gasteiger partial charge in [0.2, 0.25) is 5.91 Å². The number of halogens is 2. The van der Waals surface area contributed by atoms with Crippen LogP contribution in [0, 0.1) is 18.6 Å². The van der Waals surface area contributed by atoms with Crippen LogP contribution in [0.1, 0.15) is 24.4 Å². The molecule has 2 fully saturated rings. The Hall–Kier alpha value is -3.24. The molecule has 4 heterocycles. The number of anilines is 1. The number of carbonyl (C=O) groups excluding carboxylic acids is 1. The van der Waals surface area contributed by atoms with E-state index in [0.29, 0.717) is 48.9 Å². The zero-order valence-electron chi connectivity index (χ0n) is 22.0. The summed E-state index contributed by atoms with van der Waals surface area (Å²) in [5.74, 6) is -0.0996. The molecule has 0 spiro atoms. The van der Waals surface area contributed by atoms with Crippen molar-refractivity contribution < 1.29 is 13.6 Å². The number of benzene rings is 2. The van der Waals surface area contributed by atoms with Gasteiger partial charge in [-0.05, 0) is 62.7 Å². The highest BCUT2D eigenvalue weighted by Gasteiger charge is 2.32. The van der Waals surface area contributed by atoms with E-state index in [4.69, 9.17) is 0 Å². The molecule has 0 bridgehead atoms. The van der Waals surface area contributed by atoms with Gasteiger partial charge in [0.25, 0.3) is 0 Å². The first-order chi connectivity index (χ1) is 18.9. The summed E-state index contributed by atoms with van der Waals surface area (Å²) < 4.78 is 30.7. The standard InChI is InChI=1S/C29H31F2N5O2S/c1-3-24(37)34-10-12-35(13-11-34)28-22-14-18(2)25(21-7-6-19(30)15-23(21)31)27-26(22)36(29(38)32-28)20(17-39-27)16-33-8-4-5-9-33/h3,6-7,14-15,20H,1,4-5,8-13,16-17H2,2H3. The Balaban J connectivity index is 1.52. The SMILES string of the molecule is C=CC(=O)N1CCN(c2nc(=O)n3c4c(c(-c5ccc(F)cc5F)c(C)cc24)SCC3CN2CCCC2)CC1. The van der Waals surface area contributed by atoms with Crippen LogP contribution in [0.4, 0.5) is 14.6 Å². The van der Waals surface area contributed by atoms with Crippen molar-refractivity contribution >= 4 is 34.4 Å². The highest BCUT2D eigenvalue weighted by Crippen LogP contribution is 2.46. The summed E-state index contributed by atoms with van der Waals surface area (Å²) in [5.41, 5.74) is 2.30. The van der Waals surface area contributed by atoms with E-state index in [-0.39, 0.29) is 17.6 Å². The average molecular weight is 552 g/mol. The largest absolute Gasteiger partial charge is 0.352 e. The molecule has 3 aromatic rings. The smallest absolute Gasteiger partial charge is 0.350 e. The minimum Gasteiger partial charge on any atom is -0.352 e. The monoisotopic (exact) mass is 551 g/mol. The molecule has 3 aliphatic rings. The number of carbonyl (C=O) groups is 1. The number of likely N-dealkylation sites (tertiary alicyclic amines) is 1. The number of thioether (sulfide) groups is 1. The van der Waals surface area contributed by atoms with Gasteiger partial charge in [-0.1, -0.05) is 6.58 Å². The molecule has 0 saturated carbocycles. The summed E-state index contributed by atoms with van der Waals surface area (Å²) in [4.78, 5) is 37.5. The maximum Gasteiger partial charge on any atom is 0.350 e. The van der Waals surface area contributed by atoms with Gasteiger partial charge in [0.1, 0.15) is 17.5 Å². The van der Waals surface area contributed by atoms with Gasteiger partial charge in [0, 0.05) is 66.0 Å². The van der Waals surface area contributed by atoms with Gasteiger partial charge in [0.15, 0.2) is 0 Å². The molecule has 10 heteroatoms. The molecule has 39 heavy (non-hydrogen) atoms. The van der Waals surface area contributed by atoms with Crippen LogP contribution >= 0.6 is 11.8 Å². The molecule has 1 atom stereocenters. The predicted octanol–water partition coefficient (Wildman–Crippen LogP) is 4.23. The van der Waals surface area contributed by atoms with Crippen molar-refractivity contribution in [2.45, 2.75) is 30.7 Å². The third kappa shape index (κ3) is 4.63. The van der Waals surface area contributed by atoms with Crippen molar-refractivity contribution in [3.63, 3.8) is 0 Å². The first kappa shape index (κ1) is 26.0. The summed E-state index contributed by atoms with van der Waals surface area (Å²) in [6.07, 6.45) is 3.64. The number of piperazine rings is 1. The zero-order valence-corrected chi connectivity index (χ0v) is 22.8. The third-order valence-electron chi connectivity index (χ3n) is 8.06. The zero-order chi connectivity index (χ0) is 27.3. The molecule has 204 valence electrons. The van der Waals surface area contributed by atoms with Gasteiger partial charge in [-0.3, -0.25) is 9.36 Å². The minimum absolute atomic E-state index is 0.0622. The first-order valence-corrected chi connectivity index (χ1v) is 14.4. The second-order valence-electron chi connectivity index (χ2n) is 10.5. The molecular formula is C29H31F2N5O2S. The Labute approximate surface area is 230 Å². The van der Waals surface area contributed by atoms with E-state index < -0.39 is 11.6 Å². The maximum absolute atomic E-state index is 15.1. The van der Waals surface area contributed by atoms with Crippen LogP contribution in [0.2, 0.25) is 0 Å². The molecule has 2 aromatic carbocycles. The van der Waals surface area contributed by atoms with Crippen LogP contribution in [-0.2, 0) is 4.79 Å². The van der Waals surface area contributed by atoms with Gasteiger partial charge < -0.3 is 14.7 Å². The summed E-state index contributed by atoms with van der Waals surface area (Å²) in [5, 5.41) is 0.843. The molecule has 1 amide bonds. The van der Waals surface area contributed by atoms with Gasteiger partial charge >= 0.3 is 5.69 Å². The first-order valence-electron chi connectivity index (χ1n) is 13.4. The Morgan fingerprint density at radius 2 is 1.87 bits per heavy atom. The number of aromatic nitrogens is 2. The lowest BCUT2D eigenvalue weighted by molar-refractivity contribution is -0.126. The highest BCUT2D eigenvalue weighted by atomic mass is 32.2. The second kappa shape index (κ2) is 10.4. The lowest BCUT2D eigenvalue weighted by Crippen LogP contribution is -2.49. The van der Waals surface area contributed by atoms with E-state index in [1.165, 1.54) is 18.2 Å². The molecule has 6 rings (SSSR count). The van der Waals surface area contributed by atoms with Crippen molar-refractivity contribution in [3.8, 4) is 11.1 Å². The summed E-state index contributed by atoms with van der Waals surface area (Å²) >= 11 is 1.64. The molecule has 0 aliphatic carbocycles. The molecular weight excluding hydrogens is 520 g/mol. The number of hydrogen-bond donors (Lipinski definition) is 0. The van der Waals surface area contributed by atoms with Crippen LogP contribution in [0.25, 0.3) is 22.0 Å². The van der Waals surface area contributed by atoms with Gasteiger partial charge in [-0.25, -0.2) is 13.6 Å². The highest BCUT2D eigenvalue weighted by molar-refractivity contribution is 7.99. The molecule has 1 aromatic heterocycles. The van der Waals surface area contributed by atoms with Gasteiger partial charge in [-0.2, -0.15) is 4.98 Å².